The van der Waals surface area contributed by atoms with Crippen LogP contribution >= 0.6 is 0 Å². The van der Waals surface area contributed by atoms with E-state index >= 15 is 0 Å². The lowest BCUT2D eigenvalue weighted by Crippen LogP contribution is -2.55. The highest BCUT2D eigenvalue weighted by Gasteiger charge is 2.44. The first kappa shape index (κ1) is 23.1. The third-order valence-electron chi connectivity index (χ3n) is 6.60. The van der Waals surface area contributed by atoms with E-state index in [2.05, 4.69) is 17.0 Å². The van der Waals surface area contributed by atoms with E-state index in [1.807, 2.05) is 48.8 Å². The van der Waals surface area contributed by atoms with Crippen LogP contribution < -0.4 is 0 Å². The van der Waals surface area contributed by atoms with E-state index < -0.39 is 11.6 Å². The lowest BCUT2D eigenvalue weighted by molar-refractivity contribution is -0.917. The Kier molecular flexibility index (Phi) is 7.16. The first-order valence-corrected chi connectivity index (χ1v) is 11.6. The number of nitrogens with zero attached hydrogens (tertiary/aromatic N) is 3. The molecule has 1 aliphatic rings. The summed E-state index contributed by atoms with van der Waals surface area (Å²) in [5.74, 6) is -0.611. The van der Waals surface area contributed by atoms with E-state index in [0.29, 0.717) is 11.1 Å². The van der Waals surface area contributed by atoms with Crippen molar-refractivity contribution in [2.45, 2.75) is 37.4 Å². The monoisotopic (exact) mass is 446 g/mol. The van der Waals surface area contributed by atoms with Crippen LogP contribution in [0.4, 0.5) is 0 Å². The van der Waals surface area contributed by atoms with E-state index in [4.69, 9.17) is 4.74 Å². The highest BCUT2D eigenvalue weighted by molar-refractivity contribution is 5.85. The second-order valence-corrected chi connectivity index (χ2v) is 9.21. The van der Waals surface area contributed by atoms with Gasteiger partial charge in [0, 0.05) is 25.2 Å². The van der Waals surface area contributed by atoms with E-state index in [9.17, 15) is 9.90 Å². The highest BCUT2D eigenvalue weighted by atomic mass is 16.6. The predicted octanol–water partition coefficient (Wildman–Crippen LogP) is 3.50. The first-order valence-electron chi connectivity index (χ1n) is 11.6. The van der Waals surface area contributed by atoms with E-state index in [1.165, 1.54) is 0 Å². The Morgan fingerprint density at radius 3 is 2.27 bits per heavy atom. The fraction of sp³-hybridized carbons (Fsp3) is 0.370. The molecule has 1 saturated heterocycles. The maximum absolute atomic E-state index is 13.5. The number of hydrogen-bond donors (Lipinski definition) is 1. The van der Waals surface area contributed by atoms with Gasteiger partial charge in [-0.25, -0.2) is 14.8 Å². The maximum Gasteiger partial charge on any atom is 0.348 e. The van der Waals surface area contributed by atoms with Crippen molar-refractivity contribution in [2.75, 3.05) is 26.7 Å². The van der Waals surface area contributed by atoms with Crippen LogP contribution in [0, 0.1) is 0 Å². The Bertz CT molecular complexity index is 991. The van der Waals surface area contributed by atoms with Crippen molar-refractivity contribution in [3.63, 3.8) is 0 Å². The normalized spacial score (nSPS) is 20.8. The molecule has 1 fully saturated rings. The topological polar surface area (TPSA) is 72.3 Å². The van der Waals surface area contributed by atoms with Crippen LogP contribution in [0.3, 0.4) is 0 Å². The molecule has 0 aliphatic carbocycles. The maximum atomic E-state index is 13.5. The van der Waals surface area contributed by atoms with Crippen LogP contribution in [-0.2, 0) is 21.6 Å². The van der Waals surface area contributed by atoms with Gasteiger partial charge < -0.3 is 14.3 Å². The number of esters is 1. The number of aromatic nitrogens is 2. The third kappa shape index (κ3) is 5.46. The molecule has 0 radical (unpaired) electrons. The molecule has 6 nitrogen and oxygen atoms in total. The summed E-state index contributed by atoms with van der Waals surface area (Å²) in [6.07, 6.45) is 8.79. The number of ether oxygens (including phenoxy) is 1. The number of carbonyl (C=O) groups excluding carboxylic acids is 1. The Hall–Kier alpha value is -3.09. The summed E-state index contributed by atoms with van der Waals surface area (Å²) in [5, 5.41) is 11.7. The smallest absolute Gasteiger partial charge is 0.348 e. The molecule has 0 spiro atoms. The largest absolute Gasteiger partial charge is 0.454 e. The summed E-state index contributed by atoms with van der Waals surface area (Å²) in [5.41, 5.74) is 0.329. The second kappa shape index (κ2) is 10.2. The van der Waals surface area contributed by atoms with Crippen LogP contribution in [-0.4, -0.2) is 58.3 Å². The summed E-state index contributed by atoms with van der Waals surface area (Å²) in [7, 11) is 2.22. The molecule has 2 heterocycles. The number of piperidine rings is 1. The molecule has 6 heteroatoms. The Morgan fingerprint density at radius 1 is 1.06 bits per heavy atom. The SMILES string of the molecule is C[N@@+]1(CCCc2cncnc2)CCCC(OC(=O)C(O)(c2ccccc2)c2ccccc2)C1. The number of likely N-dealkylation sites (tertiary alicyclic amines) is 1. The predicted molar refractivity (Wildman–Crippen MR) is 126 cm³/mol. The average molecular weight is 447 g/mol. The van der Waals surface area contributed by atoms with Gasteiger partial charge in [0.25, 0.3) is 0 Å². The molecule has 0 amide bonds. The van der Waals surface area contributed by atoms with Crippen LogP contribution in [0.25, 0.3) is 0 Å². The molecular formula is C27H32N3O3+. The fourth-order valence-electron chi connectivity index (χ4n) is 4.80. The molecule has 1 aliphatic heterocycles. The number of quaternary nitrogens is 1. The van der Waals surface area contributed by atoms with Gasteiger partial charge in [-0.15, -0.1) is 0 Å². The van der Waals surface area contributed by atoms with Crippen molar-refractivity contribution in [1.29, 1.82) is 0 Å². The lowest BCUT2D eigenvalue weighted by Gasteiger charge is -2.41. The molecule has 0 saturated carbocycles. The van der Waals surface area contributed by atoms with Crippen molar-refractivity contribution in [1.82, 2.24) is 9.97 Å². The number of aliphatic hydroxyl groups is 1. The molecule has 33 heavy (non-hydrogen) atoms. The third-order valence-corrected chi connectivity index (χ3v) is 6.60. The average Bonchev–Trinajstić information content (AvgIpc) is 2.85. The van der Waals surface area contributed by atoms with E-state index in [-0.39, 0.29) is 6.10 Å². The number of hydrogen-bond acceptors (Lipinski definition) is 5. The van der Waals surface area contributed by atoms with Gasteiger partial charge in [0.2, 0.25) is 5.60 Å². The number of likely N-dealkylation sites (N-methyl/N-ethyl adjacent to an activating group) is 1. The second-order valence-electron chi connectivity index (χ2n) is 9.21. The summed E-state index contributed by atoms with van der Waals surface area (Å²) in [6.45, 7) is 2.79. The Labute approximate surface area is 195 Å². The standard InChI is InChI=1S/C27H32N3O3/c1-30(16-8-10-22-18-28-21-29-19-22)17-9-15-25(20-30)33-26(31)27(32,23-11-4-2-5-12-23)24-13-6-3-7-14-24/h2-7,11-14,18-19,21,25,32H,8-10,15-17,20H2,1H3/q+1/t25?,30-/m1/s1. The number of carbonyl (C=O) groups is 1. The lowest BCUT2D eigenvalue weighted by atomic mass is 9.86. The van der Waals surface area contributed by atoms with Crippen LogP contribution in [0.5, 0.6) is 0 Å². The van der Waals surface area contributed by atoms with Gasteiger partial charge in [-0.2, -0.15) is 0 Å². The van der Waals surface area contributed by atoms with Gasteiger partial charge in [0.05, 0.1) is 20.1 Å². The zero-order valence-electron chi connectivity index (χ0n) is 19.1. The van der Waals surface area contributed by atoms with Crippen molar-refractivity contribution in [3.05, 3.63) is 96.1 Å². The minimum absolute atomic E-state index is 0.227. The van der Waals surface area contributed by atoms with Gasteiger partial charge in [-0.3, -0.25) is 0 Å². The zero-order chi connectivity index (χ0) is 23.2. The van der Waals surface area contributed by atoms with Crippen molar-refractivity contribution < 1.29 is 19.1 Å². The molecule has 172 valence electrons. The van der Waals surface area contributed by atoms with Gasteiger partial charge in [0.15, 0.2) is 6.10 Å². The molecule has 0 bridgehead atoms. The summed E-state index contributed by atoms with van der Waals surface area (Å²) >= 11 is 0. The summed E-state index contributed by atoms with van der Waals surface area (Å²) in [6, 6.07) is 18.1. The number of aryl methyl sites for hydroxylation is 1. The van der Waals surface area contributed by atoms with E-state index in [1.54, 1.807) is 30.6 Å². The summed E-state index contributed by atoms with van der Waals surface area (Å²) < 4.78 is 6.85. The highest BCUT2D eigenvalue weighted by Crippen LogP contribution is 2.32. The van der Waals surface area contributed by atoms with E-state index in [0.717, 1.165) is 55.4 Å². The van der Waals surface area contributed by atoms with Crippen molar-refractivity contribution in [2.24, 2.45) is 0 Å². The molecule has 1 N–H and O–H groups in total. The fourth-order valence-corrected chi connectivity index (χ4v) is 4.80. The van der Waals surface area contributed by atoms with Gasteiger partial charge in [-0.1, -0.05) is 60.7 Å². The molecule has 1 unspecified atom stereocenters. The van der Waals surface area contributed by atoms with Crippen LogP contribution in [0.15, 0.2) is 79.4 Å². The minimum atomic E-state index is -1.84. The van der Waals surface area contributed by atoms with Crippen molar-refractivity contribution >= 4 is 5.97 Å². The Balaban J connectivity index is 1.44. The number of rotatable bonds is 8. The molecule has 2 aromatic carbocycles. The molecule has 3 aromatic rings. The minimum Gasteiger partial charge on any atom is -0.454 e. The first-order chi connectivity index (χ1) is 16.0. The molecule has 2 atom stereocenters. The Morgan fingerprint density at radius 2 is 1.67 bits per heavy atom. The van der Waals surface area contributed by atoms with Gasteiger partial charge >= 0.3 is 5.97 Å². The summed E-state index contributed by atoms with van der Waals surface area (Å²) in [4.78, 5) is 21.6. The molecule has 4 rings (SSSR count). The molecule has 1 aromatic heterocycles. The van der Waals surface area contributed by atoms with Crippen LogP contribution in [0.2, 0.25) is 0 Å². The number of benzene rings is 2. The van der Waals surface area contributed by atoms with Crippen molar-refractivity contribution in [3.8, 4) is 0 Å². The quantitative estimate of drug-likeness (QED) is 0.424. The zero-order valence-corrected chi connectivity index (χ0v) is 19.1. The van der Waals surface area contributed by atoms with Crippen LogP contribution in [0.1, 0.15) is 36.0 Å². The van der Waals surface area contributed by atoms with Gasteiger partial charge in [-0.05, 0) is 29.5 Å². The van der Waals surface area contributed by atoms with Gasteiger partial charge in [0.1, 0.15) is 12.9 Å². The molecular weight excluding hydrogens is 414 g/mol.